The molecule has 0 radical (unpaired) electrons. The van der Waals surface area contributed by atoms with E-state index in [0.717, 1.165) is 56.8 Å². The third-order valence-corrected chi connectivity index (χ3v) is 18.5. The molecular formula is C74H45NO2S. The number of thiophene rings is 1. The molecule has 3 heterocycles. The number of para-hydroxylation sites is 4. The SMILES string of the molecule is c1ccc2c(c1)Oc1ccccc1C21c2ccccc2-c2cc(-c3ccc(N(c4ccc(-c5cccc6c5sc5ccccc56)cc4)c4ccc5c(c4)C4(c6ccccc6Oc6ccccc64)c4ccccc4-5)cc3)ccc21. The molecular weight excluding hydrogens is 967 g/mol. The highest BCUT2D eigenvalue weighted by Gasteiger charge is 2.52. The van der Waals surface area contributed by atoms with E-state index in [0.29, 0.717) is 0 Å². The van der Waals surface area contributed by atoms with Gasteiger partial charge < -0.3 is 14.4 Å². The van der Waals surface area contributed by atoms with Crippen LogP contribution in [0.3, 0.4) is 0 Å². The second kappa shape index (κ2) is 16.4. The Labute approximate surface area is 456 Å². The van der Waals surface area contributed by atoms with Crippen LogP contribution in [0.25, 0.3) is 64.7 Å². The van der Waals surface area contributed by atoms with E-state index in [2.05, 4.69) is 278 Å². The van der Waals surface area contributed by atoms with Gasteiger partial charge >= 0.3 is 0 Å². The van der Waals surface area contributed by atoms with E-state index in [1.807, 2.05) is 11.3 Å². The molecule has 4 heteroatoms. The number of anilines is 3. The number of fused-ring (bicyclic) bond motifs is 21. The molecule has 78 heavy (non-hydrogen) atoms. The average molecular weight is 1010 g/mol. The minimum absolute atomic E-state index is 0.509. The van der Waals surface area contributed by atoms with E-state index in [-0.39, 0.29) is 0 Å². The van der Waals surface area contributed by atoms with Crippen molar-refractivity contribution in [1.29, 1.82) is 0 Å². The molecule has 2 aliphatic heterocycles. The van der Waals surface area contributed by atoms with Gasteiger partial charge in [-0.25, -0.2) is 0 Å². The highest BCUT2D eigenvalue weighted by molar-refractivity contribution is 7.26. The molecule has 2 spiro atoms. The van der Waals surface area contributed by atoms with Crippen molar-refractivity contribution in [2.24, 2.45) is 0 Å². The zero-order valence-corrected chi connectivity index (χ0v) is 43.0. The van der Waals surface area contributed by atoms with Gasteiger partial charge in [0.15, 0.2) is 0 Å². The Balaban J connectivity index is 0.828. The Morgan fingerprint density at radius 3 is 1.29 bits per heavy atom. The van der Waals surface area contributed by atoms with Crippen molar-refractivity contribution in [3.8, 4) is 67.5 Å². The summed E-state index contributed by atoms with van der Waals surface area (Å²) in [6, 6.07) is 100. The van der Waals surface area contributed by atoms with Gasteiger partial charge in [-0.1, -0.05) is 200 Å². The van der Waals surface area contributed by atoms with Gasteiger partial charge in [0, 0.05) is 59.5 Å². The normalized spacial score (nSPS) is 14.1. The minimum atomic E-state index is -0.602. The Morgan fingerprint density at radius 1 is 0.269 bits per heavy atom. The van der Waals surface area contributed by atoms with E-state index in [1.54, 1.807) is 0 Å². The predicted molar refractivity (Wildman–Crippen MR) is 320 cm³/mol. The second-order valence-corrected chi connectivity index (χ2v) is 22.0. The van der Waals surface area contributed by atoms with Crippen LogP contribution in [0.1, 0.15) is 44.5 Å². The monoisotopic (exact) mass is 1010 g/mol. The number of nitrogens with zero attached hydrogens (tertiary/aromatic N) is 1. The smallest absolute Gasteiger partial charge is 0.132 e. The van der Waals surface area contributed by atoms with Gasteiger partial charge in [0.2, 0.25) is 0 Å². The zero-order chi connectivity index (χ0) is 51.1. The summed E-state index contributed by atoms with van der Waals surface area (Å²) in [6.45, 7) is 0. The van der Waals surface area contributed by atoms with Gasteiger partial charge in [-0.05, 0) is 140 Å². The summed E-state index contributed by atoms with van der Waals surface area (Å²) >= 11 is 1.87. The number of ether oxygens (including phenoxy) is 2. The summed E-state index contributed by atoms with van der Waals surface area (Å²) in [6.07, 6.45) is 0. The lowest BCUT2D eigenvalue weighted by molar-refractivity contribution is 0.436. The molecule has 17 rings (SSSR count). The fourth-order valence-corrected chi connectivity index (χ4v) is 15.3. The van der Waals surface area contributed by atoms with Crippen molar-refractivity contribution in [3.63, 3.8) is 0 Å². The molecule has 0 unspecified atom stereocenters. The molecule has 0 atom stereocenters. The zero-order valence-electron chi connectivity index (χ0n) is 42.2. The third kappa shape index (κ3) is 5.87. The Hall–Kier alpha value is -9.74. The van der Waals surface area contributed by atoms with Crippen LogP contribution in [-0.2, 0) is 10.8 Å². The van der Waals surface area contributed by atoms with Gasteiger partial charge in [-0.2, -0.15) is 0 Å². The fraction of sp³-hybridized carbons (Fsp3) is 0.0270. The highest BCUT2D eigenvalue weighted by Crippen LogP contribution is 2.64. The van der Waals surface area contributed by atoms with E-state index < -0.39 is 10.8 Å². The molecule has 0 saturated heterocycles. The van der Waals surface area contributed by atoms with Crippen molar-refractivity contribution < 1.29 is 9.47 Å². The van der Waals surface area contributed by atoms with Crippen molar-refractivity contribution in [1.82, 2.24) is 0 Å². The van der Waals surface area contributed by atoms with Gasteiger partial charge in [0.1, 0.15) is 23.0 Å². The van der Waals surface area contributed by atoms with Crippen LogP contribution in [-0.4, -0.2) is 0 Å². The Morgan fingerprint density at radius 2 is 0.692 bits per heavy atom. The number of hydrogen-bond donors (Lipinski definition) is 0. The summed E-state index contributed by atoms with van der Waals surface area (Å²) < 4.78 is 16.0. The van der Waals surface area contributed by atoms with Crippen LogP contribution >= 0.6 is 11.3 Å². The Kier molecular flexibility index (Phi) is 9.14. The standard InChI is InChI=1S/C74H45NO2S/c1-4-21-59-53(16-1)55-42-41-51(45-66(55)74(59)64-25-8-12-29-69(64)77-70-30-13-9-26-65(70)74)75(50-39-34-47(35-40-50)52-19-15-20-57-56-18-3-14-31-71(56)78-72(52)57)49-37-32-46(33-38-49)48-36-43-61-58(44-48)54-17-2-5-22-60(54)73(61)62-23-6-10-27-67(62)76-68-28-11-7-24-63(68)73/h1-45H. The van der Waals surface area contributed by atoms with Crippen molar-refractivity contribution in [3.05, 3.63) is 317 Å². The van der Waals surface area contributed by atoms with Crippen LogP contribution < -0.4 is 14.4 Å². The molecule has 0 bridgehead atoms. The number of hydrogen-bond acceptors (Lipinski definition) is 4. The summed E-state index contributed by atoms with van der Waals surface area (Å²) in [5, 5.41) is 2.61. The third-order valence-electron chi connectivity index (χ3n) is 17.2. The maximum atomic E-state index is 6.73. The van der Waals surface area contributed by atoms with Crippen LogP contribution in [0.2, 0.25) is 0 Å². The summed E-state index contributed by atoms with van der Waals surface area (Å²) in [4.78, 5) is 2.43. The summed E-state index contributed by atoms with van der Waals surface area (Å²) in [5.74, 6) is 3.57. The Bertz CT molecular complexity index is 4550. The largest absolute Gasteiger partial charge is 0.457 e. The van der Waals surface area contributed by atoms with E-state index >= 15 is 0 Å². The summed E-state index contributed by atoms with van der Waals surface area (Å²) in [7, 11) is 0. The lowest BCUT2D eigenvalue weighted by atomic mass is 9.66. The van der Waals surface area contributed by atoms with Crippen LogP contribution in [0.4, 0.5) is 17.1 Å². The topological polar surface area (TPSA) is 21.7 Å². The molecule has 4 aliphatic rings. The molecule has 0 saturated carbocycles. The van der Waals surface area contributed by atoms with Crippen LogP contribution in [0.15, 0.2) is 273 Å². The molecule has 364 valence electrons. The minimum Gasteiger partial charge on any atom is -0.457 e. The molecule has 1 aromatic heterocycles. The number of rotatable bonds is 5. The molecule has 12 aromatic carbocycles. The van der Waals surface area contributed by atoms with Gasteiger partial charge in [0.25, 0.3) is 0 Å². The highest BCUT2D eigenvalue weighted by atomic mass is 32.1. The molecule has 2 aliphatic carbocycles. The van der Waals surface area contributed by atoms with Gasteiger partial charge in [-0.15, -0.1) is 11.3 Å². The first kappa shape index (κ1) is 43.5. The lowest BCUT2D eigenvalue weighted by Gasteiger charge is -2.39. The molecule has 0 amide bonds. The summed E-state index contributed by atoms with van der Waals surface area (Å²) in [5.41, 5.74) is 21.5. The van der Waals surface area contributed by atoms with Crippen molar-refractivity contribution in [2.75, 3.05) is 4.90 Å². The molecule has 13 aromatic rings. The maximum absolute atomic E-state index is 6.73. The van der Waals surface area contributed by atoms with Crippen molar-refractivity contribution in [2.45, 2.75) is 10.8 Å². The predicted octanol–water partition coefficient (Wildman–Crippen LogP) is 19.8. The first-order chi connectivity index (χ1) is 38.7. The molecule has 3 nitrogen and oxygen atoms in total. The molecule has 0 N–H and O–H groups in total. The maximum Gasteiger partial charge on any atom is 0.132 e. The second-order valence-electron chi connectivity index (χ2n) is 21.0. The van der Waals surface area contributed by atoms with Gasteiger partial charge in [-0.3, -0.25) is 0 Å². The van der Waals surface area contributed by atoms with Crippen LogP contribution in [0.5, 0.6) is 23.0 Å². The van der Waals surface area contributed by atoms with E-state index in [4.69, 9.17) is 9.47 Å². The van der Waals surface area contributed by atoms with Crippen molar-refractivity contribution >= 4 is 48.6 Å². The van der Waals surface area contributed by atoms with Crippen LogP contribution in [0, 0.1) is 0 Å². The lowest BCUT2D eigenvalue weighted by Crippen LogP contribution is -2.32. The average Bonchev–Trinajstić information content (AvgIpc) is 4.08. The van der Waals surface area contributed by atoms with E-state index in [9.17, 15) is 0 Å². The first-order valence-electron chi connectivity index (χ1n) is 26.8. The quantitative estimate of drug-likeness (QED) is 0.171. The van der Waals surface area contributed by atoms with E-state index in [1.165, 1.54) is 92.5 Å². The first-order valence-corrected chi connectivity index (χ1v) is 27.6. The fourth-order valence-electron chi connectivity index (χ4n) is 14.0. The van der Waals surface area contributed by atoms with Gasteiger partial charge in [0.05, 0.1) is 10.8 Å². The number of benzene rings is 12. The molecule has 0 fully saturated rings.